The van der Waals surface area contributed by atoms with Crippen LogP contribution in [0.1, 0.15) is 25.6 Å². The number of carboxylic acids is 1. The number of amides is 1. The van der Waals surface area contributed by atoms with Gasteiger partial charge in [0.05, 0.1) is 25.2 Å². The second-order valence-corrected chi connectivity index (χ2v) is 7.83. The van der Waals surface area contributed by atoms with Crippen molar-refractivity contribution in [3.63, 3.8) is 0 Å². The first-order chi connectivity index (χ1) is 12.2. The SMILES string of the molecule is COc1nc(N2CCOCC2)sc1CC(NC(=O)OC(C)(C)C)C(=O)O. The third kappa shape index (κ3) is 5.73. The molecular weight excluding hydrogens is 362 g/mol. The summed E-state index contributed by atoms with van der Waals surface area (Å²) in [5.74, 6) is -0.784. The van der Waals surface area contributed by atoms with Crippen molar-refractivity contribution in [1.82, 2.24) is 10.3 Å². The van der Waals surface area contributed by atoms with E-state index in [1.165, 1.54) is 18.4 Å². The van der Waals surface area contributed by atoms with E-state index in [0.29, 0.717) is 37.1 Å². The molecule has 0 aromatic carbocycles. The number of methoxy groups -OCH3 is 1. The van der Waals surface area contributed by atoms with Crippen LogP contribution in [0.15, 0.2) is 0 Å². The Balaban J connectivity index is 2.11. The zero-order valence-corrected chi connectivity index (χ0v) is 16.2. The lowest BCUT2D eigenvalue weighted by molar-refractivity contribution is -0.139. The Bertz CT molecular complexity index is 636. The predicted octanol–water partition coefficient (Wildman–Crippen LogP) is 1.51. The van der Waals surface area contributed by atoms with Gasteiger partial charge in [-0.2, -0.15) is 4.98 Å². The van der Waals surface area contributed by atoms with Crippen LogP contribution in [0, 0.1) is 0 Å². The van der Waals surface area contributed by atoms with E-state index >= 15 is 0 Å². The molecule has 1 unspecified atom stereocenters. The summed E-state index contributed by atoms with van der Waals surface area (Å²) in [7, 11) is 1.48. The summed E-state index contributed by atoms with van der Waals surface area (Å²) in [6.07, 6.45) is -0.721. The molecule has 2 rings (SSSR count). The van der Waals surface area contributed by atoms with E-state index < -0.39 is 23.7 Å². The van der Waals surface area contributed by atoms with Crippen LogP contribution in [0.3, 0.4) is 0 Å². The highest BCUT2D eigenvalue weighted by Crippen LogP contribution is 2.32. The molecule has 26 heavy (non-hydrogen) atoms. The Morgan fingerprint density at radius 3 is 2.58 bits per heavy atom. The van der Waals surface area contributed by atoms with Crippen molar-refractivity contribution in [2.45, 2.75) is 38.8 Å². The zero-order valence-electron chi connectivity index (χ0n) is 15.4. The topological polar surface area (TPSA) is 110 Å². The fraction of sp³-hybridized carbons (Fsp3) is 0.688. The number of anilines is 1. The molecule has 1 amide bonds. The average molecular weight is 387 g/mol. The summed E-state index contributed by atoms with van der Waals surface area (Å²) in [5, 5.41) is 12.6. The highest BCUT2D eigenvalue weighted by Gasteiger charge is 2.28. The number of thiazole rings is 1. The number of aromatic nitrogens is 1. The fourth-order valence-corrected chi connectivity index (χ4v) is 3.47. The first-order valence-electron chi connectivity index (χ1n) is 8.28. The van der Waals surface area contributed by atoms with Crippen LogP contribution >= 0.6 is 11.3 Å². The van der Waals surface area contributed by atoms with Crippen molar-refractivity contribution in [3.05, 3.63) is 4.88 Å². The maximum atomic E-state index is 11.9. The number of aliphatic carboxylic acids is 1. The van der Waals surface area contributed by atoms with Gasteiger partial charge in [0, 0.05) is 19.5 Å². The summed E-state index contributed by atoms with van der Waals surface area (Å²) < 4.78 is 15.8. The number of carboxylic acid groups (broad SMARTS) is 1. The number of alkyl carbamates (subject to hydrolysis) is 1. The molecule has 1 fully saturated rings. The molecule has 0 radical (unpaired) electrons. The number of hydrogen-bond acceptors (Lipinski definition) is 8. The lowest BCUT2D eigenvalue weighted by Gasteiger charge is -2.25. The van der Waals surface area contributed by atoms with Gasteiger partial charge in [-0.15, -0.1) is 0 Å². The molecule has 1 atom stereocenters. The number of morpholine rings is 1. The van der Waals surface area contributed by atoms with Gasteiger partial charge in [-0.3, -0.25) is 0 Å². The number of hydrogen-bond donors (Lipinski definition) is 2. The molecule has 0 saturated carbocycles. The van der Waals surface area contributed by atoms with Crippen molar-refractivity contribution in [1.29, 1.82) is 0 Å². The number of carbonyl (C=O) groups is 2. The lowest BCUT2D eigenvalue weighted by atomic mass is 10.2. The number of carbonyl (C=O) groups excluding carboxylic acids is 1. The first kappa shape index (κ1) is 20.2. The van der Waals surface area contributed by atoms with Crippen molar-refractivity contribution < 1.29 is 28.9 Å². The van der Waals surface area contributed by atoms with Crippen LogP contribution in [0.2, 0.25) is 0 Å². The molecule has 1 aliphatic rings. The molecule has 2 N–H and O–H groups in total. The van der Waals surface area contributed by atoms with Crippen LogP contribution < -0.4 is 15.0 Å². The summed E-state index contributed by atoms with van der Waals surface area (Å²) in [5.41, 5.74) is -0.710. The van der Waals surface area contributed by atoms with Gasteiger partial charge in [-0.05, 0) is 20.8 Å². The van der Waals surface area contributed by atoms with Crippen molar-refractivity contribution in [2.75, 3.05) is 38.3 Å². The number of nitrogens with zero attached hydrogens (tertiary/aromatic N) is 2. The quantitative estimate of drug-likeness (QED) is 0.756. The van der Waals surface area contributed by atoms with Gasteiger partial charge in [0.2, 0.25) is 5.88 Å². The van der Waals surface area contributed by atoms with Crippen LogP contribution in [-0.2, 0) is 20.7 Å². The minimum Gasteiger partial charge on any atom is -0.480 e. The maximum Gasteiger partial charge on any atom is 0.408 e. The molecule has 1 aromatic heterocycles. The molecule has 0 spiro atoms. The lowest BCUT2D eigenvalue weighted by Crippen LogP contribution is -2.44. The molecule has 2 heterocycles. The van der Waals surface area contributed by atoms with E-state index in [1.807, 2.05) is 0 Å². The largest absolute Gasteiger partial charge is 0.480 e. The molecule has 146 valence electrons. The predicted molar refractivity (Wildman–Crippen MR) is 96.2 cm³/mol. The van der Waals surface area contributed by atoms with Gasteiger partial charge in [0.25, 0.3) is 0 Å². The second-order valence-electron chi connectivity index (χ2n) is 6.77. The standard InChI is InChI=1S/C16H25N3O6S/c1-16(2,3)25-15(22)17-10(13(20)21)9-11-12(23-4)18-14(26-11)19-5-7-24-8-6-19/h10H,5-9H2,1-4H3,(H,17,22)(H,20,21). The van der Waals surface area contributed by atoms with E-state index in [9.17, 15) is 14.7 Å². The minimum absolute atomic E-state index is 0.0553. The van der Waals surface area contributed by atoms with Crippen molar-refractivity contribution >= 4 is 28.5 Å². The van der Waals surface area contributed by atoms with Gasteiger partial charge in [-0.1, -0.05) is 11.3 Å². The fourth-order valence-electron chi connectivity index (χ4n) is 2.34. The van der Waals surface area contributed by atoms with Crippen molar-refractivity contribution in [2.24, 2.45) is 0 Å². The van der Waals surface area contributed by atoms with E-state index in [-0.39, 0.29) is 6.42 Å². The van der Waals surface area contributed by atoms with Crippen LogP contribution in [0.25, 0.3) is 0 Å². The third-order valence-electron chi connectivity index (χ3n) is 3.50. The molecule has 0 aliphatic carbocycles. The minimum atomic E-state index is -1.15. The first-order valence-corrected chi connectivity index (χ1v) is 9.10. The average Bonchev–Trinajstić information content (AvgIpc) is 2.96. The summed E-state index contributed by atoms with van der Waals surface area (Å²) in [6.45, 7) is 7.81. The zero-order chi connectivity index (χ0) is 19.3. The van der Waals surface area contributed by atoms with E-state index in [1.54, 1.807) is 20.8 Å². The molecular formula is C16H25N3O6S. The van der Waals surface area contributed by atoms with Gasteiger partial charge >= 0.3 is 12.1 Å². The van der Waals surface area contributed by atoms with E-state index in [2.05, 4.69) is 15.2 Å². The monoisotopic (exact) mass is 387 g/mol. The molecule has 10 heteroatoms. The normalized spacial score (nSPS) is 16.1. The Morgan fingerprint density at radius 1 is 1.38 bits per heavy atom. The Morgan fingerprint density at radius 2 is 2.04 bits per heavy atom. The van der Waals surface area contributed by atoms with Crippen LogP contribution in [0.4, 0.5) is 9.93 Å². The van der Waals surface area contributed by atoms with Crippen LogP contribution in [0.5, 0.6) is 5.88 Å². The third-order valence-corrected chi connectivity index (χ3v) is 4.62. The molecule has 1 aliphatic heterocycles. The highest BCUT2D eigenvalue weighted by molar-refractivity contribution is 7.15. The van der Waals surface area contributed by atoms with Crippen molar-refractivity contribution in [3.8, 4) is 5.88 Å². The molecule has 1 saturated heterocycles. The number of ether oxygens (including phenoxy) is 3. The van der Waals surface area contributed by atoms with Crippen LogP contribution in [-0.4, -0.2) is 67.2 Å². The molecule has 1 aromatic rings. The van der Waals surface area contributed by atoms with Gasteiger partial charge < -0.3 is 29.5 Å². The van der Waals surface area contributed by atoms with E-state index in [4.69, 9.17) is 14.2 Å². The number of nitrogens with one attached hydrogen (secondary N) is 1. The summed E-state index contributed by atoms with van der Waals surface area (Å²) in [6, 6.07) is -1.14. The summed E-state index contributed by atoms with van der Waals surface area (Å²) in [4.78, 5) is 30.6. The second kappa shape index (κ2) is 8.54. The Hall–Kier alpha value is -2.07. The van der Waals surface area contributed by atoms with E-state index in [0.717, 1.165) is 5.13 Å². The van der Waals surface area contributed by atoms with Gasteiger partial charge in [-0.25, -0.2) is 9.59 Å². The van der Waals surface area contributed by atoms with Gasteiger partial charge in [0.15, 0.2) is 5.13 Å². The van der Waals surface area contributed by atoms with Gasteiger partial charge in [0.1, 0.15) is 11.6 Å². The molecule has 0 bridgehead atoms. The molecule has 9 nitrogen and oxygen atoms in total. The number of rotatable bonds is 6. The smallest absolute Gasteiger partial charge is 0.408 e. The summed E-state index contributed by atoms with van der Waals surface area (Å²) >= 11 is 1.36. The Kier molecular flexibility index (Phi) is 6.65. The maximum absolute atomic E-state index is 11.9. The highest BCUT2D eigenvalue weighted by atomic mass is 32.1. The Labute approximate surface area is 156 Å².